The van der Waals surface area contributed by atoms with Gasteiger partial charge in [-0.1, -0.05) is 0 Å². The third-order valence-electron chi connectivity index (χ3n) is 2.16. The second-order valence-electron chi connectivity index (χ2n) is 3.81. The average Bonchev–Trinajstić information content (AvgIpc) is 2.29. The fourth-order valence-corrected chi connectivity index (χ4v) is 3.78. The molecule has 0 aliphatic heterocycles. The maximum atomic E-state index is 12.3. The van der Waals surface area contributed by atoms with E-state index in [1.807, 2.05) is 0 Å². The van der Waals surface area contributed by atoms with Crippen LogP contribution in [-0.4, -0.2) is 26.9 Å². The van der Waals surface area contributed by atoms with Gasteiger partial charge in [0, 0.05) is 8.95 Å². The van der Waals surface area contributed by atoms with Crippen LogP contribution in [0.3, 0.4) is 0 Å². The lowest BCUT2D eigenvalue weighted by atomic mass is 10.3. The van der Waals surface area contributed by atoms with Gasteiger partial charge in [0.15, 0.2) is 0 Å². The van der Waals surface area contributed by atoms with Crippen molar-refractivity contribution in [1.82, 2.24) is 0 Å². The molecular formula is C9H5Br2F6NO3S. The normalized spacial score (nSPS) is 13.7. The van der Waals surface area contributed by atoms with E-state index in [2.05, 4.69) is 36.0 Å². The zero-order valence-corrected chi connectivity index (χ0v) is 14.0. The summed E-state index contributed by atoms with van der Waals surface area (Å²) in [6.45, 7) is 0. The van der Waals surface area contributed by atoms with Gasteiger partial charge < -0.3 is 5.73 Å². The predicted molar refractivity (Wildman–Crippen MR) is 70.4 cm³/mol. The summed E-state index contributed by atoms with van der Waals surface area (Å²) in [6.07, 6.45) is -16.4. The first-order valence-corrected chi connectivity index (χ1v) is 7.97. The Balaban J connectivity index is 3.30. The molecule has 0 aliphatic carbocycles. The molecule has 2 N–H and O–H groups in total. The smallest absolute Gasteiger partial charge is 0.397 e. The van der Waals surface area contributed by atoms with Crippen molar-refractivity contribution >= 4 is 47.7 Å². The molecule has 13 heteroatoms. The van der Waals surface area contributed by atoms with Crippen LogP contribution in [0.1, 0.15) is 0 Å². The van der Waals surface area contributed by atoms with Gasteiger partial charge in [0.1, 0.15) is 0 Å². The molecule has 0 saturated heterocycles. The summed E-state index contributed by atoms with van der Waals surface area (Å²) in [7, 11) is -5.34. The first kappa shape index (κ1) is 19.5. The molecule has 126 valence electrons. The molecule has 0 aliphatic rings. The topological polar surface area (TPSA) is 69.4 Å². The summed E-state index contributed by atoms with van der Waals surface area (Å²) in [5, 5.41) is 0. The van der Waals surface area contributed by atoms with Crippen molar-refractivity contribution in [2.75, 3.05) is 5.73 Å². The van der Waals surface area contributed by atoms with Crippen molar-refractivity contribution in [3.8, 4) is 0 Å². The number of alkyl halides is 6. The van der Waals surface area contributed by atoms with Gasteiger partial charge in [-0.3, -0.25) is 0 Å². The van der Waals surface area contributed by atoms with Crippen LogP contribution in [0.25, 0.3) is 0 Å². The Labute approximate surface area is 137 Å². The summed E-state index contributed by atoms with van der Waals surface area (Å²) in [4.78, 5) is -0.932. The van der Waals surface area contributed by atoms with Crippen molar-refractivity contribution in [3.05, 3.63) is 21.1 Å². The highest BCUT2D eigenvalue weighted by atomic mass is 79.9. The lowest BCUT2D eigenvalue weighted by Crippen LogP contribution is -2.45. The monoisotopic (exact) mass is 479 g/mol. The second kappa shape index (κ2) is 6.17. The molecule has 0 saturated carbocycles. The van der Waals surface area contributed by atoms with Crippen LogP contribution in [0, 0.1) is 0 Å². The average molecular weight is 481 g/mol. The van der Waals surface area contributed by atoms with Gasteiger partial charge in [-0.15, -0.1) is 0 Å². The number of hydrogen-bond acceptors (Lipinski definition) is 4. The summed E-state index contributed by atoms with van der Waals surface area (Å²) in [5.74, 6) is 0. The van der Waals surface area contributed by atoms with Gasteiger partial charge in [0.25, 0.3) is 16.2 Å². The molecule has 1 aromatic rings. The fourth-order valence-electron chi connectivity index (χ4n) is 1.18. The van der Waals surface area contributed by atoms with Crippen LogP contribution >= 0.6 is 31.9 Å². The highest BCUT2D eigenvalue weighted by Crippen LogP contribution is 2.39. The van der Waals surface area contributed by atoms with E-state index in [-0.39, 0.29) is 14.6 Å². The Kier molecular flexibility index (Phi) is 5.47. The molecule has 0 radical (unpaired) electrons. The van der Waals surface area contributed by atoms with Crippen LogP contribution in [0.2, 0.25) is 0 Å². The molecule has 0 aromatic heterocycles. The Morgan fingerprint density at radius 1 is 1.00 bits per heavy atom. The first-order chi connectivity index (χ1) is 9.66. The van der Waals surface area contributed by atoms with Crippen molar-refractivity contribution in [1.29, 1.82) is 0 Å². The fraction of sp³-hybridized carbons (Fsp3) is 0.333. The predicted octanol–water partition coefficient (Wildman–Crippen LogP) is 3.99. The largest absolute Gasteiger partial charge is 0.425 e. The van der Waals surface area contributed by atoms with E-state index >= 15 is 0 Å². The highest BCUT2D eigenvalue weighted by molar-refractivity contribution is 9.11. The van der Waals surface area contributed by atoms with Crippen LogP contribution in [0.4, 0.5) is 32.0 Å². The van der Waals surface area contributed by atoms with E-state index in [0.717, 1.165) is 12.1 Å². The minimum absolute atomic E-state index is 0.00198. The maximum Gasteiger partial charge on any atom is 0.425 e. The molecule has 1 aromatic carbocycles. The van der Waals surface area contributed by atoms with E-state index < -0.39 is 33.5 Å². The van der Waals surface area contributed by atoms with E-state index in [1.165, 1.54) is 0 Å². The standard InChI is InChI=1S/C9H5Br2F6NO3S/c10-4-1-3(2-5(11)6(4)18)22(19,20)21-7(8(12,13)14)9(15,16)17/h1-2,7H,18H2. The van der Waals surface area contributed by atoms with Crippen LogP contribution < -0.4 is 5.73 Å². The molecule has 1 rings (SSSR count). The van der Waals surface area contributed by atoms with Crippen LogP contribution in [0.5, 0.6) is 0 Å². The summed E-state index contributed by atoms with van der Waals surface area (Å²) in [5.41, 5.74) is 5.45. The van der Waals surface area contributed by atoms with Crippen molar-refractivity contribution in [2.24, 2.45) is 0 Å². The third-order valence-corrected chi connectivity index (χ3v) is 4.73. The molecule has 4 nitrogen and oxygen atoms in total. The molecule has 0 amide bonds. The number of hydrogen-bond donors (Lipinski definition) is 1. The molecule has 0 spiro atoms. The SMILES string of the molecule is Nc1c(Br)cc(S(=O)(=O)OC(C(F)(F)F)C(F)(F)F)cc1Br. The Bertz CT molecular complexity index is 636. The van der Waals surface area contributed by atoms with E-state index in [0.29, 0.717) is 0 Å². The van der Waals surface area contributed by atoms with Gasteiger partial charge in [-0.05, 0) is 44.0 Å². The van der Waals surface area contributed by atoms with Gasteiger partial charge in [0.05, 0.1) is 10.6 Å². The Morgan fingerprint density at radius 3 is 1.68 bits per heavy atom. The first-order valence-electron chi connectivity index (χ1n) is 4.97. The molecular weight excluding hydrogens is 476 g/mol. The molecule has 22 heavy (non-hydrogen) atoms. The molecule has 0 heterocycles. The quantitative estimate of drug-likeness (QED) is 0.403. The number of rotatable bonds is 3. The van der Waals surface area contributed by atoms with E-state index in [4.69, 9.17) is 5.73 Å². The zero-order valence-electron chi connectivity index (χ0n) is 9.97. The number of anilines is 1. The van der Waals surface area contributed by atoms with Gasteiger partial charge >= 0.3 is 12.4 Å². The van der Waals surface area contributed by atoms with Crippen LogP contribution in [-0.2, 0) is 14.3 Å². The number of benzene rings is 1. The maximum absolute atomic E-state index is 12.3. The van der Waals surface area contributed by atoms with E-state index in [9.17, 15) is 34.8 Å². The Morgan fingerprint density at radius 2 is 1.36 bits per heavy atom. The number of nitrogen functional groups attached to an aromatic ring is 1. The summed E-state index contributed by atoms with van der Waals surface area (Å²) in [6, 6.07) is 1.44. The highest BCUT2D eigenvalue weighted by Gasteiger charge is 2.60. The van der Waals surface area contributed by atoms with Crippen molar-refractivity contribution < 1.29 is 38.9 Å². The molecule has 0 atom stereocenters. The molecule has 0 unspecified atom stereocenters. The zero-order chi connectivity index (χ0) is 17.5. The summed E-state index contributed by atoms with van der Waals surface area (Å²) < 4.78 is 101. The number of nitrogens with two attached hydrogens (primary N) is 1. The van der Waals surface area contributed by atoms with E-state index in [1.54, 1.807) is 0 Å². The second-order valence-corrected chi connectivity index (χ2v) is 7.09. The van der Waals surface area contributed by atoms with Gasteiger partial charge in [0.2, 0.25) is 0 Å². The van der Waals surface area contributed by atoms with Gasteiger partial charge in [-0.25, -0.2) is 4.18 Å². The lowest BCUT2D eigenvalue weighted by Gasteiger charge is -2.22. The molecule has 0 bridgehead atoms. The minimum Gasteiger partial charge on any atom is -0.397 e. The third kappa shape index (κ3) is 4.49. The molecule has 0 fully saturated rings. The Hall–Kier alpha value is -0.530. The van der Waals surface area contributed by atoms with Gasteiger partial charge in [-0.2, -0.15) is 34.8 Å². The number of halogens is 8. The van der Waals surface area contributed by atoms with Crippen molar-refractivity contribution in [3.63, 3.8) is 0 Å². The lowest BCUT2D eigenvalue weighted by molar-refractivity contribution is -0.299. The minimum atomic E-state index is -5.95. The summed E-state index contributed by atoms with van der Waals surface area (Å²) >= 11 is 5.63. The van der Waals surface area contributed by atoms with Crippen LogP contribution in [0.15, 0.2) is 26.0 Å². The van der Waals surface area contributed by atoms with Crippen molar-refractivity contribution in [2.45, 2.75) is 23.4 Å².